The molecule has 1 aliphatic heterocycles. The second kappa shape index (κ2) is 11.3. The van der Waals surface area contributed by atoms with Crippen LogP contribution in [0, 0.1) is 5.92 Å². The molecule has 8 heteroatoms. The first-order chi connectivity index (χ1) is 17.4. The fraction of sp³-hybridized carbons (Fsp3) is 0.393. The van der Waals surface area contributed by atoms with E-state index < -0.39 is 5.97 Å². The molecule has 1 aromatic heterocycles. The Kier molecular flexibility index (Phi) is 7.93. The van der Waals surface area contributed by atoms with Crippen LogP contribution in [-0.2, 0) is 9.53 Å². The zero-order valence-electron chi connectivity index (χ0n) is 21.4. The van der Waals surface area contributed by atoms with E-state index in [0.717, 1.165) is 54.6 Å². The number of amides is 1. The summed E-state index contributed by atoms with van der Waals surface area (Å²) in [7, 11) is 1.62. The Bertz CT molecular complexity index is 1180. The molecule has 4 rings (SSSR count). The third-order valence-electron chi connectivity index (χ3n) is 6.25. The summed E-state index contributed by atoms with van der Waals surface area (Å²) in [5.74, 6) is 0.906. The van der Waals surface area contributed by atoms with Crippen LogP contribution in [0.25, 0.3) is 16.9 Å². The predicted molar refractivity (Wildman–Crippen MR) is 140 cm³/mol. The third-order valence-corrected chi connectivity index (χ3v) is 6.25. The minimum Gasteiger partial charge on any atom is -0.497 e. The van der Waals surface area contributed by atoms with Crippen molar-refractivity contribution in [2.45, 2.75) is 27.2 Å². The molecule has 1 aliphatic rings. The van der Waals surface area contributed by atoms with Crippen molar-refractivity contribution in [1.82, 2.24) is 14.7 Å². The highest BCUT2D eigenvalue weighted by molar-refractivity contribution is 5.89. The molecule has 0 aliphatic carbocycles. The van der Waals surface area contributed by atoms with Gasteiger partial charge in [-0.3, -0.25) is 4.79 Å². The quantitative estimate of drug-likeness (QED) is 0.435. The van der Waals surface area contributed by atoms with Crippen LogP contribution in [-0.4, -0.2) is 66.5 Å². The fourth-order valence-corrected chi connectivity index (χ4v) is 4.35. The van der Waals surface area contributed by atoms with Gasteiger partial charge in [-0.15, -0.1) is 0 Å². The first kappa shape index (κ1) is 25.3. The maximum atomic E-state index is 12.4. The predicted octanol–water partition coefficient (Wildman–Crippen LogP) is 4.42. The van der Waals surface area contributed by atoms with Gasteiger partial charge in [-0.05, 0) is 55.3 Å². The maximum Gasteiger partial charge on any atom is 0.358 e. The molecule has 36 heavy (non-hydrogen) atoms. The van der Waals surface area contributed by atoms with Gasteiger partial charge in [0.15, 0.2) is 5.69 Å². The van der Waals surface area contributed by atoms with Crippen molar-refractivity contribution in [2.75, 3.05) is 44.8 Å². The van der Waals surface area contributed by atoms with Gasteiger partial charge >= 0.3 is 5.97 Å². The van der Waals surface area contributed by atoms with Crippen molar-refractivity contribution in [3.63, 3.8) is 0 Å². The van der Waals surface area contributed by atoms with E-state index in [9.17, 15) is 9.59 Å². The summed E-state index contributed by atoms with van der Waals surface area (Å²) in [6.07, 6.45) is 0.602. The van der Waals surface area contributed by atoms with Crippen molar-refractivity contribution < 1.29 is 19.1 Å². The number of piperazine rings is 1. The van der Waals surface area contributed by atoms with Crippen LogP contribution in [0.4, 0.5) is 5.69 Å². The third kappa shape index (κ3) is 5.70. The van der Waals surface area contributed by atoms with E-state index in [2.05, 4.69) is 36.0 Å². The number of rotatable bonds is 8. The van der Waals surface area contributed by atoms with Gasteiger partial charge in [-0.25, -0.2) is 9.48 Å². The average molecular weight is 491 g/mol. The van der Waals surface area contributed by atoms with E-state index in [1.807, 2.05) is 41.3 Å². The first-order valence-corrected chi connectivity index (χ1v) is 12.4. The van der Waals surface area contributed by atoms with Crippen molar-refractivity contribution in [3.8, 4) is 22.7 Å². The topological polar surface area (TPSA) is 76.9 Å². The molecular formula is C28H34N4O4. The molecule has 1 amide bonds. The lowest BCUT2D eigenvalue weighted by atomic mass is 10.1. The first-order valence-electron chi connectivity index (χ1n) is 12.4. The highest BCUT2D eigenvalue weighted by atomic mass is 16.5. The second-order valence-electron chi connectivity index (χ2n) is 9.26. The molecule has 8 nitrogen and oxygen atoms in total. The van der Waals surface area contributed by atoms with Gasteiger partial charge in [-0.1, -0.05) is 26.0 Å². The molecule has 0 N–H and O–H groups in total. The molecule has 2 heterocycles. The molecule has 0 unspecified atom stereocenters. The SMILES string of the molecule is CCOC(=O)c1cc(-c2ccc(N3CCN(C(=O)CC(C)C)CC3)cc2)n(-c2ccc(OC)cc2)n1. The van der Waals surface area contributed by atoms with Gasteiger partial charge in [0.2, 0.25) is 5.91 Å². The number of nitrogens with zero attached hydrogens (tertiary/aromatic N) is 4. The van der Waals surface area contributed by atoms with Gasteiger partial charge in [-0.2, -0.15) is 5.10 Å². The van der Waals surface area contributed by atoms with E-state index in [4.69, 9.17) is 9.47 Å². The Hall–Kier alpha value is -3.81. The smallest absolute Gasteiger partial charge is 0.358 e. The molecule has 1 saturated heterocycles. The average Bonchev–Trinajstić information content (AvgIpc) is 3.34. The lowest BCUT2D eigenvalue weighted by molar-refractivity contribution is -0.132. The van der Waals surface area contributed by atoms with Gasteiger partial charge in [0.1, 0.15) is 5.75 Å². The van der Waals surface area contributed by atoms with Crippen molar-refractivity contribution in [1.29, 1.82) is 0 Å². The number of methoxy groups -OCH3 is 1. The summed E-state index contributed by atoms with van der Waals surface area (Å²) < 4.78 is 12.2. The molecular weight excluding hydrogens is 456 g/mol. The summed E-state index contributed by atoms with van der Waals surface area (Å²) in [5.41, 5.74) is 3.90. The molecule has 0 radical (unpaired) electrons. The van der Waals surface area contributed by atoms with Gasteiger partial charge in [0.05, 0.1) is 25.1 Å². The number of aromatic nitrogens is 2. The number of carbonyl (C=O) groups is 2. The summed E-state index contributed by atoms with van der Waals surface area (Å²) >= 11 is 0. The lowest BCUT2D eigenvalue weighted by Gasteiger charge is -2.36. The molecule has 190 valence electrons. The largest absolute Gasteiger partial charge is 0.497 e. The highest BCUT2D eigenvalue weighted by Crippen LogP contribution is 2.28. The van der Waals surface area contributed by atoms with Crippen LogP contribution >= 0.6 is 0 Å². The van der Waals surface area contributed by atoms with E-state index in [1.165, 1.54) is 0 Å². The number of ether oxygens (including phenoxy) is 2. The minimum atomic E-state index is -0.451. The molecule has 0 atom stereocenters. The molecule has 0 bridgehead atoms. The number of carbonyl (C=O) groups excluding carboxylic acids is 2. The summed E-state index contributed by atoms with van der Waals surface area (Å²) in [5, 5.41) is 4.54. The van der Waals surface area contributed by atoms with Crippen molar-refractivity contribution in [2.24, 2.45) is 5.92 Å². The van der Waals surface area contributed by atoms with Gasteiger partial charge in [0, 0.05) is 43.9 Å². The summed E-state index contributed by atoms with van der Waals surface area (Å²) in [4.78, 5) is 29.1. The monoisotopic (exact) mass is 490 g/mol. The van der Waals surface area contributed by atoms with Gasteiger partial charge < -0.3 is 19.3 Å². The second-order valence-corrected chi connectivity index (χ2v) is 9.26. The van der Waals surface area contributed by atoms with E-state index in [0.29, 0.717) is 12.3 Å². The number of esters is 1. The molecule has 0 spiro atoms. The van der Waals surface area contributed by atoms with Crippen molar-refractivity contribution in [3.05, 3.63) is 60.3 Å². The Balaban J connectivity index is 1.55. The zero-order valence-corrected chi connectivity index (χ0v) is 21.4. The van der Waals surface area contributed by atoms with Crippen LogP contribution in [0.3, 0.4) is 0 Å². The van der Waals surface area contributed by atoms with Crippen LogP contribution in [0.5, 0.6) is 5.75 Å². The molecule has 2 aromatic carbocycles. The van der Waals surface area contributed by atoms with E-state index in [1.54, 1.807) is 24.8 Å². The van der Waals surface area contributed by atoms with Crippen LogP contribution < -0.4 is 9.64 Å². The Labute approximate surface area is 212 Å². The van der Waals surface area contributed by atoms with E-state index in [-0.39, 0.29) is 18.2 Å². The Morgan fingerprint density at radius 1 is 0.944 bits per heavy atom. The zero-order chi connectivity index (χ0) is 25.7. The van der Waals surface area contributed by atoms with Gasteiger partial charge in [0.25, 0.3) is 0 Å². The number of hydrogen-bond acceptors (Lipinski definition) is 6. The number of hydrogen-bond donors (Lipinski definition) is 0. The standard InChI is InChI=1S/C28H34N4O4/c1-5-36-28(34)25-19-26(32(29-25)23-10-12-24(35-4)13-11-23)21-6-8-22(9-7-21)30-14-16-31(17-15-30)27(33)18-20(2)3/h6-13,19-20H,5,14-18H2,1-4H3. The Morgan fingerprint density at radius 2 is 1.58 bits per heavy atom. The maximum absolute atomic E-state index is 12.4. The summed E-state index contributed by atoms with van der Waals surface area (Å²) in [6.45, 7) is 9.30. The number of benzene rings is 2. The van der Waals surface area contributed by atoms with Crippen LogP contribution in [0.2, 0.25) is 0 Å². The normalized spacial score (nSPS) is 13.7. The van der Waals surface area contributed by atoms with Crippen molar-refractivity contribution >= 4 is 17.6 Å². The molecule has 3 aromatic rings. The minimum absolute atomic E-state index is 0.240. The van der Waals surface area contributed by atoms with Crippen LogP contribution in [0.1, 0.15) is 37.7 Å². The Morgan fingerprint density at radius 3 is 2.17 bits per heavy atom. The highest BCUT2D eigenvalue weighted by Gasteiger charge is 2.22. The fourth-order valence-electron chi connectivity index (χ4n) is 4.35. The summed E-state index contributed by atoms with van der Waals surface area (Å²) in [6, 6.07) is 17.5. The molecule has 1 fully saturated rings. The molecule has 0 saturated carbocycles. The van der Waals surface area contributed by atoms with E-state index >= 15 is 0 Å². The lowest BCUT2D eigenvalue weighted by Crippen LogP contribution is -2.49. The number of anilines is 1. The van der Waals surface area contributed by atoms with Crippen LogP contribution in [0.15, 0.2) is 54.6 Å².